The predicted molar refractivity (Wildman–Crippen MR) is 56.4 cm³/mol. The fourth-order valence-corrected chi connectivity index (χ4v) is 1.17. The minimum Gasteiger partial charge on any atom is -0.468 e. The molecule has 0 amide bonds. The number of nitrogens with one attached hydrogen (secondary N) is 1. The summed E-state index contributed by atoms with van der Waals surface area (Å²) in [6.07, 6.45) is 0. The third kappa shape index (κ3) is 2.99. The summed E-state index contributed by atoms with van der Waals surface area (Å²) in [6, 6.07) is 7.29. The highest BCUT2D eigenvalue weighted by atomic mass is 16.5. The van der Waals surface area contributed by atoms with Crippen LogP contribution in [0, 0.1) is 18.3 Å². The summed E-state index contributed by atoms with van der Waals surface area (Å²) in [4.78, 5) is 10.9. The Morgan fingerprint density at radius 1 is 1.60 bits per heavy atom. The van der Waals surface area contributed by atoms with E-state index in [9.17, 15) is 4.79 Å². The second kappa shape index (κ2) is 5.01. The van der Waals surface area contributed by atoms with Gasteiger partial charge in [0.1, 0.15) is 6.54 Å². The Balaban J connectivity index is 2.71. The first kappa shape index (κ1) is 11.1. The molecule has 0 radical (unpaired) electrons. The van der Waals surface area contributed by atoms with Crippen LogP contribution in [0.1, 0.15) is 11.1 Å². The summed E-state index contributed by atoms with van der Waals surface area (Å²) in [5.74, 6) is -0.321. The Hall–Kier alpha value is -2.02. The lowest BCUT2D eigenvalue weighted by molar-refractivity contribution is -0.138. The van der Waals surface area contributed by atoms with Crippen LogP contribution in [0.15, 0.2) is 18.2 Å². The largest absolute Gasteiger partial charge is 0.468 e. The number of nitrogens with zero attached hydrogens (tertiary/aromatic N) is 1. The summed E-state index contributed by atoms with van der Waals surface area (Å²) in [6.45, 7) is 2.00. The van der Waals surface area contributed by atoms with E-state index in [1.165, 1.54) is 7.11 Å². The molecule has 0 heterocycles. The van der Waals surface area contributed by atoms with E-state index in [4.69, 9.17) is 5.26 Å². The van der Waals surface area contributed by atoms with Crippen LogP contribution in [0.25, 0.3) is 0 Å². The number of methoxy groups -OCH3 is 1. The normalized spacial score (nSPS) is 9.13. The fraction of sp³-hybridized carbons (Fsp3) is 0.273. The van der Waals surface area contributed by atoms with E-state index in [-0.39, 0.29) is 12.5 Å². The van der Waals surface area contributed by atoms with E-state index in [2.05, 4.69) is 16.1 Å². The molecule has 0 aliphatic carbocycles. The lowest BCUT2D eigenvalue weighted by atomic mass is 10.1. The lowest BCUT2D eigenvalue weighted by Gasteiger charge is -2.08. The topological polar surface area (TPSA) is 62.1 Å². The van der Waals surface area contributed by atoms with Gasteiger partial charge >= 0.3 is 5.97 Å². The maximum Gasteiger partial charge on any atom is 0.325 e. The van der Waals surface area contributed by atoms with Crippen molar-refractivity contribution in [3.8, 4) is 6.07 Å². The summed E-state index contributed by atoms with van der Waals surface area (Å²) >= 11 is 0. The van der Waals surface area contributed by atoms with Gasteiger partial charge in [-0.25, -0.2) is 0 Å². The van der Waals surface area contributed by atoms with E-state index in [0.29, 0.717) is 5.56 Å². The summed E-state index contributed by atoms with van der Waals surface area (Å²) in [7, 11) is 1.34. The van der Waals surface area contributed by atoms with Crippen LogP contribution < -0.4 is 5.32 Å². The van der Waals surface area contributed by atoms with Crippen molar-refractivity contribution in [2.45, 2.75) is 6.92 Å². The van der Waals surface area contributed by atoms with E-state index >= 15 is 0 Å². The molecular weight excluding hydrogens is 192 g/mol. The van der Waals surface area contributed by atoms with Crippen molar-refractivity contribution < 1.29 is 9.53 Å². The molecule has 0 unspecified atom stereocenters. The molecule has 0 saturated carbocycles. The molecule has 15 heavy (non-hydrogen) atoms. The van der Waals surface area contributed by atoms with Crippen LogP contribution in [0.4, 0.5) is 5.69 Å². The number of benzene rings is 1. The summed E-state index contributed by atoms with van der Waals surface area (Å²) in [5, 5.41) is 11.6. The molecule has 4 heteroatoms. The average molecular weight is 204 g/mol. The van der Waals surface area contributed by atoms with Crippen LogP contribution in [0.3, 0.4) is 0 Å². The van der Waals surface area contributed by atoms with Crippen molar-refractivity contribution >= 4 is 11.7 Å². The van der Waals surface area contributed by atoms with Gasteiger partial charge in [-0.3, -0.25) is 4.79 Å². The van der Waals surface area contributed by atoms with Gasteiger partial charge in [-0.2, -0.15) is 5.26 Å². The van der Waals surface area contributed by atoms with Gasteiger partial charge in [-0.1, -0.05) is 0 Å². The average Bonchev–Trinajstić information content (AvgIpc) is 2.26. The number of esters is 1. The van der Waals surface area contributed by atoms with E-state index in [1.54, 1.807) is 18.2 Å². The Morgan fingerprint density at radius 2 is 2.33 bits per heavy atom. The first-order valence-electron chi connectivity index (χ1n) is 4.49. The molecule has 0 saturated heterocycles. The van der Waals surface area contributed by atoms with Crippen molar-refractivity contribution in [3.63, 3.8) is 0 Å². The maximum absolute atomic E-state index is 10.9. The van der Waals surface area contributed by atoms with Gasteiger partial charge in [0.15, 0.2) is 0 Å². The quantitative estimate of drug-likeness (QED) is 0.757. The number of nitriles is 1. The van der Waals surface area contributed by atoms with Gasteiger partial charge in [-0.15, -0.1) is 0 Å². The molecule has 1 aromatic rings. The molecule has 0 aliphatic heterocycles. The van der Waals surface area contributed by atoms with Crippen LogP contribution >= 0.6 is 0 Å². The van der Waals surface area contributed by atoms with Gasteiger partial charge in [0.05, 0.1) is 18.7 Å². The van der Waals surface area contributed by atoms with Crippen molar-refractivity contribution in [1.82, 2.24) is 0 Å². The van der Waals surface area contributed by atoms with Crippen molar-refractivity contribution in [2.24, 2.45) is 0 Å². The van der Waals surface area contributed by atoms with Crippen LogP contribution in [-0.4, -0.2) is 19.6 Å². The van der Waals surface area contributed by atoms with Gasteiger partial charge in [-0.05, 0) is 30.7 Å². The highest BCUT2D eigenvalue weighted by Gasteiger charge is 2.02. The predicted octanol–water partition coefficient (Wildman–Crippen LogP) is 1.45. The number of ether oxygens (including phenoxy) is 1. The van der Waals surface area contributed by atoms with Gasteiger partial charge in [0, 0.05) is 5.69 Å². The Labute approximate surface area is 88.5 Å². The number of aryl methyl sites for hydroxylation is 1. The molecule has 78 valence electrons. The van der Waals surface area contributed by atoms with Gasteiger partial charge in [0.2, 0.25) is 0 Å². The Bertz CT molecular complexity index is 408. The highest BCUT2D eigenvalue weighted by Crippen LogP contribution is 2.15. The second-order valence-corrected chi connectivity index (χ2v) is 3.07. The van der Waals surface area contributed by atoms with E-state index < -0.39 is 0 Å². The molecule has 0 spiro atoms. The minimum atomic E-state index is -0.321. The summed E-state index contributed by atoms with van der Waals surface area (Å²) in [5.41, 5.74) is 2.37. The van der Waals surface area contributed by atoms with Crippen molar-refractivity contribution in [2.75, 3.05) is 19.0 Å². The smallest absolute Gasteiger partial charge is 0.325 e. The molecule has 0 aliphatic rings. The Kier molecular flexibility index (Phi) is 3.69. The zero-order valence-electron chi connectivity index (χ0n) is 8.70. The highest BCUT2D eigenvalue weighted by molar-refractivity contribution is 5.75. The molecule has 0 atom stereocenters. The van der Waals surface area contributed by atoms with Crippen molar-refractivity contribution in [3.05, 3.63) is 29.3 Å². The summed E-state index contributed by atoms with van der Waals surface area (Å²) < 4.78 is 4.50. The van der Waals surface area contributed by atoms with Crippen LogP contribution in [0.2, 0.25) is 0 Å². The third-order valence-electron chi connectivity index (χ3n) is 2.01. The molecule has 0 bridgehead atoms. The van der Waals surface area contributed by atoms with E-state index in [0.717, 1.165) is 11.3 Å². The first-order valence-corrected chi connectivity index (χ1v) is 4.49. The van der Waals surface area contributed by atoms with Gasteiger partial charge < -0.3 is 10.1 Å². The lowest BCUT2D eigenvalue weighted by Crippen LogP contribution is -2.15. The fourth-order valence-electron chi connectivity index (χ4n) is 1.17. The second-order valence-electron chi connectivity index (χ2n) is 3.07. The third-order valence-corrected chi connectivity index (χ3v) is 2.01. The number of carbonyl (C=O) groups is 1. The SMILES string of the molecule is COC(=O)CNc1ccc(C#N)cc1C. The molecule has 1 rings (SSSR count). The molecule has 0 aromatic heterocycles. The molecular formula is C11H12N2O2. The number of hydrogen-bond donors (Lipinski definition) is 1. The molecule has 1 N–H and O–H groups in total. The molecule has 4 nitrogen and oxygen atoms in total. The first-order chi connectivity index (χ1) is 7.17. The maximum atomic E-state index is 10.9. The monoisotopic (exact) mass is 204 g/mol. The van der Waals surface area contributed by atoms with Crippen molar-refractivity contribution in [1.29, 1.82) is 5.26 Å². The molecule has 1 aromatic carbocycles. The van der Waals surface area contributed by atoms with E-state index in [1.807, 2.05) is 6.92 Å². The van der Waals surface area contributed by atoms with Crippen LogP contribution in [0.5, 0.6) is 0 Å². The van der Waals surface area contributed by atoms with Crippen LogP contribution in [-0.2, 0) is 9.53 Å². The number of anilines is 1. The van der Waals surface area contributed by atoms with Gasteiger partial charge in [0.25, 0.3) is 0 Å². The zero-order valence-corrected chi connectivity index (χ0v) is 8.70. The zero-order chi connectivity index (χ0) is 11.3. The minimum absolute atomic E-state index is 0.128. The molecule has 0 fully saturated rings. The Morgan fingerprint density at radius 3 is 2.87 bits per heavy atom. The number of rotatable bonds is 3. The standard InChI is InChI=1S/C11H12N2O2/c1-8-5-9(6-12)3-4-10(8)13-7-11(14)15-2/h3-5,13H,7H2,1-2H3. The number of carbonyl (C=O) groups excluding carboxylic acids is 1. The number of hydrogen-bond acceptors (Lipinski definition) is 4.